The van der Waals surface area contributed by atoms with Gasteiger partial charge in [0.15, 0.2) is 0 Å². The summed E-state index contributed by atoms with van der Waals surface area (Å²) in [6.45, 7) is 6.04. The lowest BCUT2D eigenvalue weighted by Gasteiger charge is -2.16. The van der Waals surface area contributed by atoms with Crippen molar-refractivity contribution in [2.24, 2.45) is 0 Å². The van der Waals surface area contributed by atoms with Gasteiger partial charge >= 0.3 is 12.0 Å². The van der Waals surface area contributed by atoms with Gasteiger partial charge in [0.2, 0.25) is 0 Å². The largest absolute Gasteiger partial charge is 0.481 e. The molecule has 0 spiro atoms. The highest BCUT2D eigenvalue weighted by molar-refractivity contribution is 5.89. The predicted molar refractivity (Wildman–Crippen MR) is 91.7 cm³/mol. The number of aliphatic carboxylic acids is 1. The number of urea groups is 1. The molecule has 7 heteroatoms. The van der Waals surface area contributed by atoms with E-state index >= 15 is 0 Å². The Balaban J connectivity index is 2.17. The third-order valence-electron chi connectivity index (χ3n) is 3.85. The van der Waals surface area contributed by atoms with Gasteiger partial charge in [-0.2, -0.15) is 5.10 Å². The van der Waals surface area contributed by atoms with Crippen LogP contribution in [0, 0.1) is 20.8 Å². The molecule has 0 aliphatic rings. The zero-order valence-electron chi connectivity index (χ0n) is 14.3. The van der Waals surface area contributed by atoms with Gasteiger partial charge in [-0.15, -0.1) is 0 Å². The number of benzene rings is 1. The van der Waals surface area contributed by atoms with Crippen LogP contribution in [0.1, 0.15) is 23.2 Å². The van der Waals surface area contributed by atoms with Crippen LogP contribution in [0.25, 0.3) is 5.69 Å². The molecule has 0 aliphatic carbocycles. The van der Waals surface area contributed by atoms with Crippen LogP contribution in [0.2, 0.25) is 0 Å². The standard InChI is InChI=1S/C17H22N4O3/c1-11-5-6-12(2)15(9-11)21-13(3)14(10-18-21)19-17(24)20(4)8-7-16(22)23/h5-6,9-10H,7-8H2,1-4H3,(H,19,24)(H,22,23). The summed E-state index contributed by atoms with van der Waals surface area (Å²) >= 11 is 0. The van der Waals surface area contributed by atoms with Crippen molar-refractivity contribution in [3.05, 3.63) is 41.2 Å². The zero-order valence-corrected chi connectivity index (χ0v) is 14.3. The molecule has 0 unspecified atom stereocenters. The normalized spacial score (nSPS) is 10.5. The Morgan fingerprint density at radius 3 is 2.67 bits per heavy atom. The van der Waals surface area contributed by atoms with Crippen molar-refractivity contribution in [3.63, 3.8) is 0 Å². The minimum absolute atomic E-state index is 0.0926. The zero-order chi connectivity index (χ0) is 17.9. The summed E-state index contributed by atoms with van der Waals surface area (Å²) in [6, 6.07) is 5.75. The van der Waals surface area contributed by atoms with Crippen molar-refractivity contribution in [1.82, 2.24) is 14.7 Å². The summed E-state index contributed by atoms with van der Waals surface area (Å²) in [5.74, 6) is -0.937. The number of carbonyl (C=O) groups excluding carboxylic acids is 1. The fourth-order valence-corrected chi connectivity index (χ4v) is 2.30. The minimum Gasteiger partial charge on any atom is -0.481 e. The van der Waals surface area contributed by atoms with Crippen molar-refractivity contribution < 1.29 is 14.7 Å². The van der Waals surface area contributed by atoms with Crippen LogP contribution in [-0.2, 0) is 4.79 Å². The monoisotopic (exact) mass is 330 g/mol. The van der Waals surface area contributed by atoms with Crippen molar-refractivity contribution in [2.75, 3.05) is 18.9 Å². The number of hydrogen-bond acceptors (Lipinski definition) is 3. The molecule has 7 nitrogen and oxygen atoms in total. The van der Waals surface area contributed by atoms with Gasteiger partial charge in [0, 0.05) is 13.6 Å². The number of nitrogens with one attached hydrogen (secondary N) is 1. The van der Waals surface area contributed by atoms with Crippen LogP contribution in [-0.4, -0.2) is 45.4 Å². The number of carboxylic acid groups (broad SMARTS) is 1. The fraction of sp³-hybridized carbons (Fsp3) is 0.353. The van der Waals surface area contributed by atoms with E-state index in [0.29, 0.717) is 5.69 Å². The summed E-state index contributed by atoms with van der Waals surface area (Å²) in [4.78, 5) is 24.1. The molecular formula is C17H22N4O3. The van der Waals surface area contributed by atoms with E-state index in [0.717, 1.165) is 22.5 Å². The Hall–Kier alpha value is -2.83. The number of anilines is 1. The summed E-state index contributed by atoms with van der Waals surface area (Å²) in [5, 5.41) is 15.8. The van der Waals surface area contributed by atoms with Gasteiger partial charge in [-0.1, -0.05) is 12.1 Å². The van der Waals surface area contributed by atoms with Gasteiger partial charge in [0.1, 0.15) is 0 Å². The van der Waals surface area contributed by atoms with Crippen LogP contribution in [0.15, 0.2) is 24.4 Å². The quantitative estimate of drug-likeness (QED) is 0.882. The molecule has 1 heterocycles. The molecule has 2 aromatic rings. The molecule has 24 heavy (non-hydrogen) atoms. The van der Waals surface area contributed by atoms with E-state index < -0.39 is 5.97 Å². The lowest BCUT2D eigenvalue weighted by molar-refractivity contribution is -0.137. The topological polar surface area (TPSA) is 87.5 Å². The maximum atomic E-state index is 12.1. The highest BCUT2D eigenvalue weighted by atomic mass is 16.4. The van der Waals surface area contributed by atoms with E-state index in [4.69, 9.17) is 5.11 Å². The molecule has 0 saturated heterocycles. The van der Waals surface area contributed by atoms with Gasteiger partial charge < -0.3 is 15.3 Å². The number of rotatable bonds is 5. The Morgan fingerprint density at radius 1 is 1.29 bits per heavy atom. The third kappa shape index (κ3) is 3.92. The molecule has 2 N–H and O–H groups in total. The Labute approximate surface area is 140 Å². The van der Waals surface area contributed by atoms with E-state index in [-0.39, 0.29) is 19.0 Å². The molecule has 1 aromatic carbocycles. The maximum absolute atomic E-state index is 12.1. The predicted octanol–water partition coefficient (Wildman–Crippen LogP) is 2.74. The van der Waals surface area contributed by atoms with Crippen molar-refractivity contribution in [2.45, 2.75) is 27.2 Å². The van der Waals surface area contributed by atoms with Crippen LogP contribution in [0.5, 0.6) is 0 Å². The molecule has 2 rings (SSSR count). The number of aryl methyl sites for hydroxylation is 2. The second-order valence-electron chi connectivity index (χ2n) is 5.84. The maximum Gasteiger partial charge on any atom is 0.321 e. The highest BCUT2D eigenvalue weighted by Gasteiger charge is 2.15. The van der Waals surface area contributed by atoms with Crippen LogP contribution in [0.4, 0.5) is 10.5 Å². The average Bonchev–Trinajstić information content (AvgIpc) is 2.88. The first-order chi connectivity index (χ1) is 11.3. The van der Waals surface area contributed by atoms with Gasteiger partial charge in [-0.25, -0.2) is 9.48 Å². The summed E-state index contributed by atoms with van der Waals surface area (Å²) in [5.41, 5.74) is 4.59. The second kappa shape index (κ2) is 7.16. The molecule has 0 bridgehead atoms. The third-order valence-corrected chi connectivity index (χ3v) is 3.85. The molecular weight excluding hydrogens is 308 g/mol. The number of amides is 2. The molecule has 0 radical (unpaired) electrons. The molecule has 2 amide bonds. The van der Waals surface area contributed by atoms with Gasteiger partial charge in [0.25, 0.3) is 0 Å². The smallest absolute Gasteiger partial charge is 0.321 e. The minimum atomic E-state index is -0.937. The van der Waals surface area contributed by atoms with Crippen molar-refractivity contribution in [3.8, 4) is 5.69 Å². The van der Waals surface area contributed by atoms with E-state index in [2.05, 4.69) is 10.4 Å². The molecule has 0 atom stereocenters. The number of carbonyl (C=O) groups is 2. The SMILES string of the molecule is Cc1ccc(C)c(-n2ncc(NC(=O)N(C)CCC(=O)O)c2C)c1. The van der Waals surface area contributed by atoms with Crippen LogP contribution in [0.3, 0.4) is 0 Å². The van der Waals surface area contributed by atoms with Gasteiger partial charge in [-0.3, -0.25) is 4.79 Å². The van der Waals surface area contributed by atoms with E-state index in [9.17, 15) is 9.59 Å². The number of aromatic nitrogens is 2. The van der Waals surface area contributed by atoms with Crippen molar-refractivity contribution in [1.29, 1.82) is 0 Å². The summed E-state index contributed by atoms with van der Waals surface area (Å²) < 4.78 is 1.79. The highest BCUT2D eigenvalue weighted by Crippen LogP contribution is 2.22. The molecule has 1 aromatic heterocycles. The first-order valence-corrected chi connectivity index (χ1v) is 7.65. The van der Waals surface area contributed by atoms with Gasteiger partial charge in [-0.05, 0) is 38.0 Å². The lowest BCUT2D eigenvalue weighted by Crippen LogP contribution is -2.33. The molecule has 0 saturated carbocycles. The average molecular weight is 330 g/mol. The second-order valence-corrected chi connectivity index (χ2v) is 5.84. The molecule has 0 fully saturated rings. The van der Waals surface area contributed by atoms with Crippen molar-refractivity contribution >= 4 is 17.7 Å². The van der Waals surface area contributed by atoms with E-state index in [1.165, 1.54) is 4.90 Å². The Morgan fingerprint density at radius 2 is 2.00 bits per heavy atom. The Bertz CT molecular complexity index is 767. The van der Waals surface area contributed by atoms with Crippen LogP contribution >= 0.6 is 0 Å². The molecule has 128 valence electrons. The lowest BCUT2D eigenvalue weighted by atomic mass is 10.1. The van der Waals surface area contributed by atoms with E-state index in [1.807, 2.05) is 39.0 Å². The summed E-state index contributed by atoms with van der Waals surface area (Å²) in [6.07, 6.45) is 1.50. The first-order valence-electron chi connectivity index (χ1n) is 7.65. The van der Waals surface area contributed by atoms with E-state index in [1.54, 1.807) is 17.9 Å². The number of hydrogen-bond donors (Lipinski definition) is 2. The first kappa shape index (κ1) is 17.5. The molecule has 0 aliphatic heterocycles. The van der Waals surface area contributed by atoms with Gasteiger partial charge in [0.05, 0.1) is 29.7 Å². The number of nitrogens with zero attached hydrogens (tertiary/aromatic N) is 3. The summed E-state index contributed by atoms with van der Waals surface area (Å²) in [7, 11) is 1.56. The Kier molecular flexibility index (Phi) is 5.23. The fourth-order valence-electron chi connectivity index (χ4n) is 2.30. The number of carboxylic acids is 1. The van der Waals surface area contributed by atoms with Crippen LogP contribution < -0.4 is 5.32 Å².